The lowest BCUT2D eigenvalue weighted by molar-refractivity contribution is 0.00856. The standard InChI is InChI=1S/C25H24FN9O2/c1-32-22(16-5-3-2-4-6-16)19(15-30-32)33-9-11-34(12-10-33)25(37)23(36)17-13-27-21-20(17)18(26)14-28-24(21)35-8-7-29-31-35/h2-8,13-15,25,27,37H,9-12H2,1H3. The predicted molar refractivity (Wildman–Crippen MR) is 134 cm³/mol. The van der Waals surface area contributed by atoms with Crippen molar-refractivity contribution in [1.82, 2.24) is 39.6 Å². The van der Waals surface area contributed by atoms with Crippen LogP contribution in [0.2, 0.25) is 0 Å². The van der Waals surface area contributed by atoms with Crippen LogP contribution in [0.1, 0.15) is 10.4 Å². The van der Waals surface area contributed by atoms with E-state index in [1.165, 1.54) is 17.1 Å². The van der Waals surface area contributed by atoms with Crippen molar-refractivity contribution in [1.29, 1.82) is 0 Å². The van der Waals surface area contributed by atoms with E-state index in [-0.39, 0.29) is 10.9 Å². The van der Waals surface area contributed by atoms with E-state index in [4.69, 9.17) is 0 Å². The summed E-state index contributed by atoms with van der Waals surface area (Å²) < 4.78 is 18.0. The molecule has 1 aromatic carbocycles. The first-order chi connectivity index (χ1) is 18.0. The molecule has 4 aromatic heterocycles. The first-order valence-electron chi connectivity index (χ1n) is 11.8. The molecule has 0 saturated carbocycles. The number of nitrogens with zero attached hydrogens (tertiary/aromatic N) is 8. The molecule has 1 aliphatic rings. The summed E-state index contributed by atoms with van der Waals surface area (Å²) in [6.07, 6.45) is 5.92. The molecule has 188 valence electrons. The Morgan fingerprint density at radius 1 is 1.14 bits per heavy atom. The maximum atomic E-state index is 14.8. The maximum Gasteiger partial charge on any atom is 0.208 e. The molecule has 5 aromatic rings. The van der Waals surface area contributed by atoms with Crippen LogP contribution in [0.15, 0.2) is 61.3 Å². The molecule has 0 radical (unpaired) electrons. The van der Waals surface area contributed by atoms with E-state index in [2.05, 4.69) is 30.3 Å². The van der Waals surface area contributed by atoms with Gasteiger partial charge in [-0.25, -0.2) is 14.1 Å². The van der Waals surface area contributed by atoms with Crippen LogP contribution in [0.3, 0.4) is 0 Å². The van der Waals surface area contributed by atoms with Gasteiger partial charge in [-0.3, -0.25) is 14.4 Å². The van der Waals surface area contributed by atoms with Gasteiger partial charge >= 0.3 is 0 Å². The molecule has 12 heteroatoms. The Hall–Kier alpha value is -4.42. The van der Waals surface area contributed by atoms with Gasteiger partial charge in [-0.15, -0.1) is 5.10 Å². The number of carbonyl (C=O) groups is 1. The minimum Gasteiger partial charge on any atom is -0.371 e. The molecule has 0 bridgehead atoms. The van der Waals surface area contributed by atoms with Crippen molar-refractivity contribution in [2.24, 2.45) is 7.05 Å². The molecule has 37 heavy (non-hydrogen) atoms. The molecule has 5 heterocycles. The summed E-state index contributed by atoms with van der Waals surface area (Å²) in [5.41, 5.74) is 3.44. The number of hydrogen-bond acceptors (Lipinski definition) is 8. The van der Waals surface area contributed by atoms with E-state index in [0.717, 1.165) is 23.1 Å². The van der Waals surface area contributed by atoms with Crippen LogP contribution in [0, 0.1) is 5.82 Å². The Balaban J connectivity index is 1.21. The number of Topliss-reactive ketones (excluding diaryl/α,β-unsaturated/α-hetero) is 1. The lowest BCUT2D eigenvalue weighted by atomic mass is 10.1. The lowest BCUT2D eigenvalue weighted by Gasteiger charge is -2.37. The summed E-state index contributed by atoms with van der Waals surface area (Å²) in [5.74, 6) is -0.937. The van der Waals surface area contributed by atoms with E-state index in [9.17, 15) is 14.3 Å². The molecule has 1 atom stereocenters. The minimum absolute atomic E-state index is 0.0600. The van der Waals surface area contributed by atoms with Crippen molar-refractivity contribution in [2.75, 3.05) is 31.1 Å². The zero-order valence-corrected chi connectivity index (χ0v) is 20.0. The van der Waals surface area contributed by atoms with Crippen LogP contribution < -0.4 is 4.90 Å². The third-order valence-corrected chi connectivity index (χ3v) is 6.75. The van der Waals surface area contributed by atoms with Gasteiger partial charge in [0.1, 0.15) is 0 Å². The molecule has 6 rings (SSSR count). The number of hydrogen-bond donors (Lipinski definition) is 2. The summed E-state index contributed by atoms with van der Waals surface area (Å²) in [5, 5.41) is 23.1. The Labute approximate surface area is 210 Å². The average Bonchev–Trinajstić information content (AvgIpc) is 3.69. The molecule has 1 saturated heterocycles. The number of piperazine rings is 1. The minimum atomic E-state index is -1.41. The Morgan fingerprint density at radius 3 is 2.65 bits per heavy atom. The third-order valence-electron chi connectivity index (χ3n) is 6.75. The SMILES string of the molecule is Cn1ncc(N2CCN(C(O)C(=O)c3c[nH]c4c(-n5ccnn5)ncc(F)c34)CC2)c1-c1ccccc1. The predicted octanol–water partition coefficient (Wildman–Crippen LogP) is 2.01. The van der Waals surface area contributed by atoms with E-state index < -0.39 is 17.8 Å². The highest BCUT2D eigenvalue weighted by Crippen LogP contribution is 2.31. The summed E-state index contributed by atoms with van der Waals surface area (Å²) in [6, 6.07) is 10.0. The molecule has 1 fully saturated rings. The van der Waals surface area contributed by atoms with Gasteiger partial charge in [0.15, 0.2) is 17.9 Å². The van der Waals surface area contributed by atoms with Gasteiger partial charge in [0.25, 0.3) is 0 Å². The first kappa shape index (κ1) is 23.0. The average molecular weight is 502 g/mol. The second-order valence-electron chi connectivity index (χ2n) is 8.86. The van der Waals surface area contributed by atoms with Gasteiger partial charge < -0.3 is 15.0 Å². The van der Waals surface area contributed by atoms with Crippen LogP contribution in [0.5, 0.6) is 0 Å². The normalized spacial score (nSPS) is 15.4. The molecule has 0 amide bonds. The van der Waals surface area contributed by atoms with Crippen molar-refractivity contribution in [2.45, 2.75) is 6.23 Å². The monoisotopic (exact) mass is 501 g/mol. The fourth-order valence-electron chi connectivity index (χ4n) is 4.88. The van der Waals surface area contributed by atoms with Gasteiger partial charge in [0.2, 0.25) is 5.78 Å². The van der Waals surface area contributed by atoms with Gasteiger partial charge in [0, 0.05) is 45.0 Å². The van der Waals surface area contributed by atoms with E-state index in [0.29, 0.717) is 37.5 Å². The van der Waals surface area contributed by atoms with E-state index >= 15 is 0 Å². The van der Waals surface area contributed by atoms with E-state index in [1.54, 1.807) is 11.1 Å². The number of halogens is 1. The number of aromatic nitrogens is 7. The van der Waals surface area contributed by atoms with Crippen molar-refractivity contribution >= 4 is 22.4 Å². The van der Waals surface area contributed by atoms with Crippen molar-refractivity contribution < 1.29 is 14.3 Å². The number of benzene rings is 1. The summed E-state index contributed by atoms with van der Waals surface area (Å²) >= 11 is 0. The van der Waals surface area contributed by atoms with E-state index in [1.807, 2.05) is 48.3 Å². The van der Waals surface area contributed by atoms with Gasteiger partial charge in [0.05, 0.1) is 52.6 Å². The van der Waals surface area contributed by atoms with Crippen molar-refractivity contribution in [3.8, 4) is 17.1 Å². The van der Waals surface area contributed by atoms with Crippen LogP contribution in [-0.4, -0.2) is 82.9 Å². The molecular weight excluding hydrogens is 477 g/mol. The van der Waals surface area contributed by atoms with Crippen molar-refractivity contribution in [3.63, 3.8) is 0 Å². The van der Waals surface area contributed by atoms with Crippen LogP contribution in [-0.2, 0) is 7.05 Å². The van der Waals surface area contributed by atoms with Crippen molar-refractivity contribution in [3.05, 3.63) is 72.7 Å². The topological polar surface area (TPSA) is 121 Å². The Bertz CT molecular complexity index is 1550. The highest BCUT2D eigenvalue weighted by molar-refractivity contribution is 6.10. The summed E-state index contributed by atoms with van der Waals surface area (Å²) in [7, 11) is 1.91. The van der Waals surface area contributed by atoms with Crippen LogP contribution >= 0.6 is 0 Å². The number of aliphatic hydroxyl groups excluding tert-OH is 1. The number of anilines is 1. The Morgan fingerprint density at radius 2 is 1.92 bits per heavy atom. The Kier molecular flexibility index (Phi) is 5.74. The summed E-state index contributed by atoms with van der Waals surface area (Å²) in [6.45, 7) is 2.09. The zero-order chi connectivity index (χ0) is 25.5. The van der Waals surface area contributed by atoms with Gasteiger partial charge in [-0.1, -0.05) is 35.5 Å². The molecule has 2 N–H and O–H groups in total. The third kappa shape index (κ3) is 3.96. The quantitative estimate of drug-likeness (QED) is 0.339. The second kappa shape index (κ2) is 9.22. The lowest BCUT2D eigenvalue weighted by Crippen LogP contribution is -2.52. The zero-order valence-electron chi connectivity index (χ0n) is 20.0. The number of pyridine rings is 1. The number of aryl methyl sites for hydroxylation is 1. The number of H-pyrrole nitrogens is 1. The number of carbonyl (C=O) groups excluding carboxylic acids is 1. The van der Waals surface area contributed by atoms with Crippen LogP contribution in [0.25, 0.3) is 28.0 Å². The van der Waals surface area contributed by atoms with Crippen LogP contribution in [0.4, 0.5) is 10.1 Å². The number of aromatic amines is 1. The number of aliphatic hydroxyl groups is 1. The molecule has 1 aliphatic heterocycles. The highest BCUT2D eigenvalue weighted by atomic mass is 19.1. The first-order valence-corrected chi connectivity index (χ1v) is 11.8. The molecule has 0 aliphatic carbocycles. The second-order valence-corrected chi connectivity index (χ2v) is 8.86. The number of rotatable bonds is 6. The molecule has 0 spiro atoms. The number of nitrogens with one attached hydrogen (secondary N) is 1. The fourth-order valence-corrected chi connectivity index (χ4v) is 4.88. The molecule has 1 unspecified atom stereocenters. The summed E-state index contributed by atoms with van der Waals surface area (Å²) in [4.78, 5) is 24.2. The largest absolute Gasteiger partial charge is 0.371 e. The molecular formula is C25H24FN9O2. The van der Waals surface area contributed by atoms with Gasteiger partial charge in [-0.2, -0.15) is 5.10 Å². The van der Waals surface area contributed by atoms with Gasteiger partial charge in [-0.05, 0) is 0 Å². The smallest absolute Gasteiger partial charge is 0.208 e. The number of ketones is 1. The highest BCUT2D eigenvalue weighted by Gasteiger charge is 2.31. The molecule has 11 nitrogen and oxygen atoms in total. The number of fused-ring (bicyclic) bond motifs is 1. The maximum absolute atomic E-state index is 14.8. The fraction of sp³-hybridized carbons (Fsp3) is 0.240.